The largest absolute Gasteiger partial charge is 0.497 e. The summed E-state index contributed by atoms with van der Waals surface area (Å²) in [5.74, 6) is 0.863. The Hall–Kier alpha value is -1.98. The molecule has 0 fully saturated rings. The van der Waals surface area contributed by atoms with Crippen LogP contribution in [0.3, 0.4) is 0 Å². The number of anilines is 1. The zero-order chi connectivity index (χ0) is 18.0. The van der Waals surface area contributed by atoms with Crippen LogP contribution in [-0.4, -0.2) is 38.1 Å². The van der Waals surface area contributed by atoms with Crippen molar-refractivity contribution in [3.05, 3.63) is 54.1 Å². The standard InChI is InChI=1S/C20H24N2O2S/c1-14(22(2)3)20(15-9-11-16(24-4)12-10-15)13-19(23)21-17-7-5-6-8-18(17)25-20/h5-12,14H,13H2,1-4H3,(H,21,23). The highest BCUT2D eigenvalue weighted by Crippen LogP contribution is 2.51. The van der Waals surface area contributed by atoms with Gasteiger partial charge in [0, 0.05) is 17.4 Å². The summed E-state index contributed by atoms with van der Waals surface area (Å²) in [6.07, 6.45) is 0.415. The number of para-hydroxylation sites is 1. The Balaban J connectivity index is 2.15. The molecule has 25 heavy (non-hydrogen) atoms. The Kier molecular flexibility index (Phi) is 5.06. The Morgan fingerprint density at radius 2 is 1.84 bits per heavy atom. The summed E-state index contributed by atoms with van der Waals surface area (Å²) in [5.41, 5.74) is 2.02. The molecule has 1 N–H and O–H groups in total. The molecule has 2 aromatic carbocycles. The van der Waals surface area contributed by atoms with Gasteiger partial charge in [-0.15, -0.1) is 11.8 Å². The monoisotopic (exact) mass is 356 g/mol. The molecular formula is C20H24N2O2S. The number of hydrogen-bond donors (Lipinski definition) is 1. The van der Waals surface area contributed by atoms with Crippen molar-refractivity contribution in [3.63, 3.8) is 0 Å². The van der Waals surface area contributed by atoms with Gasteiger partial charge in [-0.05, 0) is 50.8 Å². The maximum Gasteiger partial charge on any atom is 0.226 e. The summed E-state index contributed by atoms with van der Waals surface area (Å²) in [7, 11) is 5.79. The normalized spacial score (nSPS) is 21.2. The lowest BCUT2D eigenvalue weighted by Crippen LogP contribution is -2.45. The zero-order valence-electron chi connectivity index (χ0n) is 15.1. The Labute approximate surface area is 153 Å². The first-order chi connectivity index (χ1) is 12.0. The Morgan fingerprint density at radius 3 is 2.48 bits per heavy atom. The summed E-state index contributed by atoms with van der Waals surface area (Å²) in [6.45, 7) is 2.18. The number of methoxy groups -OCH3 is 1. The molecule has 0 spiro atoms. The van der Waals surface area contributed by atoms with Crippen molar-refractivity contribution < 1.29 is 9.53 Å². The minimum atomic E-state index is -0.382. The zero-order valence-corrected chi connectivity index (χ0v) is 15.9. The highest BCUT2D eigenvalue weighted by molar-refractivity contribution is 8.00. The van der Waals surface area contributed by atoms with Gasteiger partial charge < -0.3 is 15.0 Å². The van der Waals surface area contributed by atoms with E-state index in [1.54, 1.807) is 18.9 Å². The van der Waals surface area contributed by atoms with Crippen LogP contribution < -0.4 is 10.1 Å². The number of amides is 1. The van der Waals surface area contributed by atoms with E-state index in [1.165, 1.54) is 0 Å². The van der Waals surface area contributed by atoms with Crippen molar-refractivity contribution in [1.82, 2.24) is 4.90 Å². The number of ether oxygens (including phenoxy) is 1. The van der Waals surface area contributed by atoms with Gasteiger partial charge in [-0.3, -0.25) is 4.79 Å². The van der Waals surface area contributed by atoms with Crippen LogP contribution in [0.25, 0.3) is 0 Å². The Morgan fingerprint density at radius 1 is 1.16 bits per heavy atom. The first-order valence-corrected chi connectivity index (χ1v) is 9.17. The van der Waals surface area contributed by atoms with Crippen molar-refractivity contribution in [3.8, 4) is 5.75 Å². The number of likely N-dealkylation sites (N-methyl/N-ethyl adjacent to an activating group) is 1. The van der Waals surface area contributed by atoms with Gasteiger partial charge in [-0.2, -0.15) is 0 Å². The number of fused-ring (bicyclic) bond motifs is 1. The summed E-state index contributed by atoms with van der Waals surface area (Å²) >= 11 is 1.77. The molecule has 1 amide bonds. The third kappa shape index (κ3) is 3.39. The molecule has 2 aromatic rings. The van der Waals surface area contributed by atoms with E-state index in [9.17, 15) is 4.79 Å². The average Bonchev–Trinajstić information content (AvgIpc) is 2.77. The van der Waals surface area contributed by atoms with E-state index in [0.717, 1.165) is 21.9 Å². The van der Waals surface area contributed by atoms with Gasteiger partial charge in [-0.1, -0.05) is 24.3 Å². The van der Waals surface area contributed by atoms with Crippen LogP contribution in [0.5, 0.6) is 5.75 Å². The molecule has 1 aliphatic rings. The number of benzene rings is 2. The van der Waals surface area contributed by atoms with Crippen molar-refractivity contribution in [2.75, 3.05) is 26.5 Å². The smallest absolute Gasteiger partial charge is 0.226 e. The molecule has 2 atom stereocenters. The van der Waals surface area contributed by atoms with Gasteiger partial charge in [-0.25, -0.2) is 0 Å². The van der Waals surface area contributed by atoms with E-state index in [0.29, 0.717) is 6.42 Å². The topological polar surface area (TPSA) is 41.6 Å². The predicted octanol–water partition coefficient (Wildman–Crippen LogP) is 3.98. The molecule has 3 rings (SSSR count). The van der Waals surface area contributed by atoms with Gasteiger partial charge >= 0.3 is 0 Å². The van der Waals surface area contributed by atoms with E-state index in [4.69, 9.17) is 4.74 Å². The summed E-state index contributed by atoms with van der Waals surface area (Å²) < 4.78 is 4.92. The molecule has 5 heteroatoms. The van der Waals surface area contributed by atoms with Crippen LogP contribution in [-0.2, 0) is 9.54 Å². The second-order valence-electron chi connectivity index (χ2n) is 6.58. The third-order valence-corrected chi connectivity index (χ3v) is 6.57. The van der Waals surface area contributed by atoms with Crippen LogP contribution in [0.15, 0.2) is 53.4 Å². The molecule has 0 aliphatic carbocycles. The van der Waals surface area contributed by atoms with Crippen molar-refractivity contribution in [1.29, 1.82) is 0 Å². The molecular weight excluding hydrogens is 332 g/mol. The van der Waals surface area contributed by atoms with Gasteiger partial charge in [0.25, 0.3) is 0 Å². The first kappa shape index (κ1) is 17.8. The van der Waals surface area contributed by atoms with Gasteiger partial charge in [0.15, 0.2) is 0 Å². The van der Waals surface area contributed by atoms with E-state index in [2.05, 4.69) is 49.4 Å². The lowest BCUT2D eigenvalue weighted by Gasteiger charge is -2.41. The molecule has 0 saturated heterocycles. The number of carbonyl (C=O) groups is 1. The van der Waals surface area contributed by atoms with Crippen LogP contribution in [0.4, 0.5) is 5.69 Å². The number of nitrogens with one attached hydrogen (secondary N) is 1. The lowest BCUT2D eigenvalue weighted by molar-refractivity contribution is -0.117. The molecule has 0 aromatic heterocycles. The fraction of sp³-hybridized carbons (Fsp3) is 0.350. The van der Waals surface area contributed by atoms with Crippen LogP contribution in [0.1, 0.15) is 18.9 Å². The number of rotatable bonds is 4. The predicted molar refractivity (Wildman–Crippen MR) is 103 cm³/mol. The van der Waals surface area contributed by atoms with Crippen molar-refractivity contribution >= 4 is 23.4 Å². The summed E-state index contributed by atoms with van der Waals surface area (Å²) in [5, 5.41) is 3.06. The molecule has 0 radical (unpaired) electrons. The van der Waals surface area contributed by atoms with Crippen LogP contribution >= 0.6 is 11.8 Å². The summed E-state index contributed by atoms with van der Waals surface area (Å²) in [6, 6.07) is 16.3. The quantitative estimate of drug-likeness (QED) is 0.900. The molecule has 0 saturated carbocycles. The van der Waals surface area contributed by atoms with E-state index >= 15 is 0 Å². The summed E-state index contributed by atoms with van der Waals surface area (Å²) in [4.78, 5) is 16.0. The van der Waals surface area contributed by atoms with Gasteiger partial charge in [0.1, 0.15) is 5.75 Å². The first-order valence-electron chi connectivity index (χ1n) is 8.35. The highest BCUT2D eigenvalue weighted by Gasteiger charge is 2.44. The maximum atomic E-state index is 12.7. The maximum absolute atomic E-state index is 12.7. The molecule has 132 valence electrons. The van der Waals surface area contributed by atoms with Gasteiger partial charge in [0.2, 0.25) is 5.91 Å². The molecule has 1 aliphatic heterocycles. The SMILES string of the molecule is COc1ccc(C2(C(C)N(C)C)CC(=O)Nc3ccccc3S2)cc1. The number of thioether (sulfide) groups is 1. The number of hydrogen-bond acceptors (Lipinski definition) is 4. The molecule has 0 bridgehead atoms. The second-order valence-corrected chi connectivity index (χ2v) is 7.95. The van der Waals surface area contributed by atoms with Crippen molar-refractivity contribution in [2.24, 2.45) is 0 Å². The second kappa shape index (κ2) is 7.10. The van der Waals surface area contributed by atoms with Crippen molar-refractivity contribution in [2.45, 2.75) is 29.0 Å². The van der Waals surface area contributed by atoms with E-state index < -0.39 is 0 Å². The number of carbonyl (C=O) groups excluding carboxylic acids is 1. The fourth-order valence-corrected chi connectivity index (χ4v) is 4.86. The van der Waals surface area contributed by atoms with E-state index in [-0.39, 0.29) is 16.7 Å². The third-order valence-electron chi connectivity index (χ3n) is 4.90. The fourth-order valence-electron chi connectivity index (χ4n) is 3.25. The number of nitrogens with zero attached hydrogens (tertiary/aromatic N) is 1. The minimum Gasteiger partial charge on any atom is -0.497 e. The minimum absolute atomic E-state index is 0.0435. The van der Waals surface area contributed by atoms with E-state index in [1.807, 2.05) is 30.3 Å². The lowest BCUT2D eigenvalue weighted by atomic mass is 9.87. The van der Waals surface area contributed by atoms with Crippen LogP contribution in [0, 0.1) is 0 Å². The molecule has 4 nitrogen and oxygen atoms in total. The Bertz CT molecular complexity index is 761. The van der Waals surface area contributed by atoms with Crippen LogP contribution in [0.2, 0.25) is 0 Å². The highest BCUT2D eigenvalue weighted by atomic mass is 32.2. The average molecular weight is 356 g/mol. The molecule has 1 heterocycles. The van der Waals surface area contributed by atoms with Gasteiger partial charge in [0.05, 0.1) is 17.5 Å². The molecule has 2 unspecified atom stereocenters.